The van der Waals surface area contributed by atoms with Gasteiger partial charge in [-0.15, -0.1) is 0 Å². The number of esters is 1. The first kappa shape index (κ1) is 29.3. The van der Waals surface area contributed by atoms with Crippen LogP contribution >= 0.6 is 0 Å². The second-order valence-corrected chi connectivity index (χ2v) is 10.1. The van der Waals surface area contributed by atoms with Crippen LogP contribution in [0.5, 0.6) is 0 Å². The van der Waals surface area contributed by atoms with E-state index in [1.807, 2.05) is 18.2 Å². The summed E-state index contributed by atoms with van der Waals surface area (Å²) in [5, 5.41) is 7.06. The van der Waals surface area contributed by atoms with Gasteiger partial charge in [-0.2, -0.15) is 4.99 Å². The monoisotopic (exact) mass is 537 g/mol. The van der Waals surface area contributed by atoms with Crippen LogP contribution in [0, 0.1) is 0 Å². The Hall–Kier alpha value is -4.28. The van der Waals surface area contributed by atoms with Crippen molar-refractivity contribution in [1.29, 1.82) is 0 Å². The number of carbonyl (C=O) groups is 3. The number of methoxy groups -OCH3 is 1. The summed E-state index contributed by atoms with van der Waals surface area (Å²) in [6, 6.07) is 12.3. The van der Waals surface area contributed by atoms with Gasteiger partial charge in [0.15, 0.2) is 0 Å². The van der Waals surface area contributed by atoms with Crippen LogP contribution in [0.2, 0.25) is 0 Å². The Labute approximate surface area is 227 Å². The van der Waals surface area contributed by atoms with Crippen LogP contribution in [0.3, 0.4) is 0 Å². The van der Waals surface area contributed by atoms with Crippen molar-refractivity contribution in [3.63, 3.8) is 0 Å². The van der Waals surface area contributed by atoms with Crippen LogP contribution in [0.25, 0.3) is 0 Å². The minimum Gasteiger partial charge on any atom is -0.469 e. The standard InChI is InChI=1S/C28H35N5O6/c1-28(2,3)38-27(36)32-26(29)19-10-8-18(9-11-19)23-16-22(39-33-23)17-24(34)31-21(15-25(35)37-4)13-12-20-7-5-6-14-30-20/h5-11,14,21-22H,12-13,15-17H2,1-4H3,(H,31,34)(H2,29,32,36)/t21-,22?/m1/s1. The molecule has 1 aliphatic rings. The van der Waals surface area contributed by atoms with Crippen molar-refractivity contribution in [2.45, 2.75) is 70.6 Å². The molecule has 0 bridgehead atoms. The number of hydrogen-bond donors (Lipinski definition) is 2. The number of hydrogen-bond acceptors (Lipinski definition) is 8. The number of aliphatic imine (C=N–C) groups is 1. The lowest BCUT2D eigenvalue weighted by Crippen LogP contribution is -2.38. The van der Waals surface area contributed by atoms with Gasteiger partial charge in [0.25, 0.3) is 0 Å². The maximum Gasteiger partial charge on any atom is 0.436 e. The van der Waals surface area contributed by atoms with Gasteiger partial charge in [-0.05, 0) is 51.3 Å². The molecule has 1 aromatic carbocycles. The molecule has 2 aromatic rings. The summed E-state index contributed by atoms with van der Waals surface area (Å²) in [6.07, 6.45) is 2.24. The highest BCUT2D eigenvalue weighted by molar-refractivity contribution is 6.05. The normalized spacial score (nSPS) is 16.1. The molecule has 3 rings (SSSR count). The first-order valence-corrected chi connectivity index (χ1v) is 12.7. The SMILES string of the molecule is COC(=O)C[C@@H](CCc1ccccn1)NC(=O)CC1CC(c2ccc(/C(N)=N\C(=O)OC(C)(C)C)cc2)=NO1. The van der Waals surface area contributed by atoms with Gasteiger partial charge in [-0.25, -0.2) is 4.79 Å². The van der Waals surface area contributed by atoms with Gasteiger partial charge in [0.05, 0.1) is 25.7 Å². The largest absolute Gasteiger partial charge is 0.469 e. The number of oxime groups is 1. The Morgan fingerprint density at radius 1 is 1.18 bits per heavy atom. The summed E-state index contributed by atoms with van der Waals surface area (Å²) >= 11 is 0. The van der Waals surface area contributed by atoms with Gasteiger partial charge in [0.1, 0.15) is 17.5 Å². The number of carbonyl (C=O) groups excluding carboxylic acids is 3. The second kappa shape index (κ2) is 13.5. The molecular weight excluding hydrogens is 502 g/mol. The summed E-state index contributed by atoms with van der Waals surface area (Å²) < 4.78 is 9.94. The number of ether oxygens (including phenoxy) is 2. The highest BCUT2D eigenvalue weighted by Crippen LogP contribution is 2.20. The molecule has 0 fully saturated rings. The Balaban J connectivity index is 1.52. The molecule has 11 heteroatoms. The Kier molecular flexibility index (Phi) is 10.1. The van der Waals surface area contributed by atoms with Crippen LogP contribution in [0.1, 0.15) is 63.3 Å². The molecule has 2 heterocycles. The lowest BCUT2D eigenvalue weighted by Gasteiger charge is -2.18. The number of nitrogens with two attached hydrogens (primary N) is 1. The molecule has 3 N–H and O–H groups in total. The summed E-state index contributed by atoms with van der Waals surface area (Å²) in [5.74, 6) is -0.600. The van der Waals surface area contributed by atoms with E-state index in [-0.39, 0.29) is 24.6 Å². The van der Waals surface area contributed by atoms with E-state index in [0.717, 1.165) is 11.3 Å². The first-order valence-electron chi connectivity index (χ1n) is 12.7. The number of benzene rings is 1. The highest BCUT2D eigenvalue weighted by Gasteiger charge is 2.26. The number of aryl methyl sites for hydroxylation is 1. The zero-order chi connectivity index (χ0) is 28.4. The van der Waals surface area contributed by atoms with Crippen LogP contribution in [0.4, 0.5) is 4.79 Å². The molecular formula is C28H35N5O6. The van der Waals surface area contributed by atoms with E-state index in [1.54, 1.807) is 51.2 Å². The number of nitrogens with zero attached hydrogens (tertiary/aromatic N) is 3. The molecule has 0 spiro atoms. The van der Waals surface area contributed by atoms with E-state index >= 15 is 0 Å². The van der Waals surface area contributed by atoms with E-state index in [1.165, 1.54) is 7.11 Å². The maximum atomic E-state index is 12.8. The Morgan fingerprint density at radius 3 is 2.56 bits per heavy atom. The van der Waals surface area contributed by atoms with Gasteiger partial charge < -0.3 is 25.4 Å². The number of amidine groups is 1. The van der Waals surface area contributed by atoms with Crippen molar-refractivity contribution >= 4 is 29.5 Å². The smallest absolute Gasteiger partial charge is 0.436 e. The van der Waals surface area contributed by atoms with E-state index in [4.69, 9.17) is 20.0 Å². The van der Waals surface area contributed by atoms with Crippen molar-refractivity contribution in [2.24, 2.45) is 15.9 Å². The Morgan fingerprint density at radius 2 is 1.92 bits per heavy atom. The summed E-state index contributed by atoms with van der Waals surface area (Å²) in [6.45, 7) is 5.24. The number of pyridine rings is 1. The average Bonchev–Trinajstić information content (AvgIpc) is 3.35. The minimum atomic E-state index is -0.760. The highest BCUT2D eigenvalue weighted by atomic mass is 16.6. The molecule has 39 heavy (non-hydrogen) atoms. The fraction of sp³-hybridized carbons (Fsp3) is 0.429. The van der Waals surface area contributed by atoms with E-state index < -0.39 is 29.8 Å². The summed E-state index contributed by atoms with van der Waals surface area (Å²) in [7, 11) is 1.32. The quantitative estimate of drug-likeness (QED) is 0.266. The van der Waals surface area contributed by atoms with Crippen LogP contribution in [-0.4, -0.2) is 59.4 Å². The third-order valence-electron chi connectivity index (χ3n) is 5.75. The molecule has 1 unspecified atom stereocenters. The van der Waals surface area contributed by atoms with Gasteiger partial charge in [-0.3, -0.25) is 14.6 Å². The molecule has 2 atom stereocenters. The molecule has 11 nitrogen and oxygen atoms in total. The number of rotatable bonds is 10. The van der Waals surface area contributed by atoms with Gasteiger partial charge in [-0.1, -0.05) is 35.5 Å². The molecule has 208 valence electrons. The minimum absolute atomic E-state index is 0.0412. The predicted octanol–water partition coefficient (Wildman–Crippen LogP) is 3.29. The zero-order valence-electron chi connectivity index (χ0n) is 22.7. The molecule has 1 aromatic heterocycles. The van der Waals surface area contributed by atoms with Crippen molar-refractivity contribution < 1.29 is 28.7 Å². The molecule has 0 aliphatic carbocycles. The fourth-order valence-electron chi connectivity index (χ4n) is 3.86. The maximum absolute atomic E-state index is 12.8. The average molecular weight is 538 g/mol. The van der Waals surface area contributed by atoms with Gasteiger partial charge in [0.2, 0.25) is 5.91 Å². The summed E-state index contributed by atoms with van der Waals surface area (Å²) in [5.41, 5.74) is 8.20. The van der Waals surface area contributed by atoms with Crippen LogP contribution in [0.15, 0.2) is 58.8 Å². The summed E-state index contributed by atoms with van der Waals surface area (Å²) in [4.78, 5) is 50.1. The second-order valence-electron chi connectivity index (χ2n) is 10.1. The molecule has 0 saturated heterocycles. The molecule has 2 amide bonds. The molecule has 0 radical (unpaired) electrons. The first-order chi connectivity index (χ1) is 18.5. The predicted molar refractivity (Wildman–Crippen MR) is 145 cm³/mol. The third kappa shape index (κ3) is 9.84. The van der Waals surface area contributed by atoms with Crippen molar-refractivity contribution in [2.75, 3.05) is 7.11 Å². The molecule has 0 saturated carbocycles. The number of aromatic nitrogens is 1. The topological polar surface area (TPSA) is 155 Å². The fourth-order valence-corrected chi connectivity index (χ4v) is 3.86. The van der Waals surface area contributed by atoms with E-state index in [0.29, 0.717) is 30.5 Å². The number of amides is 2. The lowest BCUT2D eigenvalue weighted by molar-refractivity contribution is -0.141. The van der Waals surface area contributed by atoms with Gasteiger partial charge in [0, 0.05) is 29.9 Å². The van der Waals surface area contributed by atoms with Crippen LogP contribution in [-0.2, 0) is 30.3 Å². The van der Waals surface area contributed by atoms with Crippen molar-refractivity contribution in [3.05, 3.63) is 65.5 Å². The lowest BCUT2D eigenvalue weighted by atomic mass is 10.0. The number of nitrogens with one attached hydrogen (secondary N) is 1. The molecule has 1 aliphatic heterocycles. The Bertz CT molecular complexity index is 1210. The van der Waals surface area contributed by atoms with Gasteiger partial charge >= 0.3 is 12.1 Å². The third-order valence-corrected chi connectivity index (χ3v) is 5.75. The van der Waals surface area contributed by atoms with E-state index in [2.05, 4.69) is 20.4 Å². The zero-order valence-corrected chi connectivity index (χ0v) is 22.7. The van der Waals surface area contributed by atoms with Crippen molar-refractivity contribution in [1.82, 2.24) is 10.3 Å². The van der Waals surface area contributed by atoms with Crippen LogP contribution < -0.4 is 11.1 Å². The van der Waals surface area contributed by atoms with E-state index in [9.17, 15) is 14.4 Å². The van der Waals surface area contributed by atoms with Crippen molar-refractivity contribution in [3.8, 4) is 0 Å².